The molecular weight excluding hydrogens is 1540 g/mol. The Morgan fingerprint density at radius 2 is 1.43 bits per heavy atom. The first-order valence-electron chi connectivity index (χ1n) is 28.3. The minimum Gasteiger partial charge on any atom is -0.493 e. The summed E-state index contributed by atoms with van der Waals surface area (Å²) in [7, 11) is -4.83. The van der Waals surface area contributed by atoms with Gasteiger partial charge in [-0.25, -0.2) is 49.8 Å². The van der Waals surface area contributed by atoms with Gasteiger partial charge >= 0.3 is 71.9 Å². The van der Waals surface area contributed by atoms with E-state index in [-0.39, 0.29) is 104 Å². The summed E-state index contributed by atoms with van der Waals surface area (Å²) in [4.78, 5) is 88.1. The van der Waals surface area contributed by atoms with Crippen molar-refractivity contribution in [2.75, 3.05) is 39.0 Å². The van der Waals surface area contributed by atoms with Gasteiger partial charge in [0.15, 0.2) is 38.9 Å². The van der Waals surface area contributed by atoms with Crippen molar-refractivity contribution in [3.05, 3.63) is 195 Å². The van der Waals surface area contributed by atoms with E-state index in [0.717, 1.165) is 41.1 Å². The fraction of sp³-hybridized carbons (Fsp3) is 0.279. The number of benzene rings is 5. The van der Waals surface area contributed by atoms with Crippen molar-refractivity contribution in [3.8, 4) is 17.6 Å². The summed E-state index contributed by atoms with van der Waals surface area (Å²) in [5.41, 5.74) is -1.93. The van der Waals surface area contributed by atoms with Gasteiger partial charge in [-0.15, -0.1) is 16.7 Å². The van der Waals surface area contributed by atoms with Crippen molar-refractivity contribution in [2.24, 2.45) is 12.2 Å². The number of hydrogen-bond donors (Lipinski definition) is 2. The van der Waals surface area contributed by atoms with Gasteiger partial charge in [-0.2, -0.15) is 41.7 Å². The van der Waals surface area contributed by atoms with Gasteiger partial charge in [0.05, 0.1) is 60.5 Å². The second-order valence-electron chi connectivity index (χ2n) is 20.3. The first kappa shape index (κ1) is 82.1. The van der Waals surface area contributed by atoms with E-state index in [0.29, 0.717) is 45.4 Å². The zero-order chi connectivity index (χ0) is 73.6. The molecule has 1 aliphatic heterocycles. The maximum absolute atomic E-state index is 14.2. The van der Waals surface area contributed by atoms with Crippen LogP contribution in [-0.2, 0) is 73.7 Å². The minimum absolute atomic E-state index is 0. The van der Waals surface area contributed by atoms with Crippen molar-refractivity contribution in [3.63, 3.8) is 0 Å². The van der Waals surface area contributed by atoms with Gasteiger partial charge in [-0.3, -0.25) is 14.4 Å². The number of sulfone groups is 1. The number of alkyl halides is 6. The van der Waals surface area contributed by atoms with Crippen molar-refractivity contribution in [1.29, 1.82) is 0 Å². The number of nitrogens with zero attached hydrogens (tertiary/aromatic N) is 10. The molecule has 39 heteroatoms. The van der Waals surface area contributed by atoms with Crippen molar-refractivity contribution in [2.45, 2.75) is 81.0 Å². The molecule has 0 fully saturated rings. The molecule has 528 valence electrons. The monoisotopic (exact) mass is 1600 g/mol. The Bertz CT molecular complexity index is 4640. The van der Waals surface area contributed by atoms with Crippen LogP contribution < -0.4 is 45.3 Å². The number of anilines is 1. The van der Waals surface area contributed by atoms with Crippen LogP contribution in [-0.4, -0.2) is 136 Å². The van der Waals surface area contributed by atoms with Crippen LogP contribution in [0.1, 0.15) is 92.7 Å². The van der Waals surface area contributed by atoms with Crippen LogP contribution in [0.3, 0.4) is 0 Å². The number of halogens is 9. The molecule has 1 atom stereocenters. The average molecular weight is 1600 g/mol. The summed E-state index contributed by atoms with van der Waals surface area (Å²) < 4.78 is 152. The van der Waals surface area contributed by atoms with E-state index >= 15 is 0 Å². The third kappa shape index (κ3) is 20.4. The third-order valence-electron chi connectivity index (χ3n) is 13.5. The number of nitrogens with one attached hydrogen (secondary N) is 1. The average Bonchev–Trinajstić information content (AvgIpc) is 1.52. The molecule has 100 heavy (non-hydrogen) atoms. The number of oxime groups is 1. The van der Waals surface area contributed by atoms with Gasteiger partial charge in [0.25, 0.3) is 0 Å². The summed E-state index contributed by atoms with van der Waals surface area (Å²) in [5.74, 6) is -4.64. The number of ketones is 1. The smallest absolute Gasteiger partial charge is 0.493 e. The van der Waals surface area contributed by atoms with E-state index in [1.165, 1.54) is 53.1 Å². The number of aryl methyl sites for hydroxylation is 4. The van der Waals surface area contributed by atoms with Gasteiger partial charge in [0.2, 0.25) is 21.7 Å². The largest absolute Gasteiger partial charge is 1.00 e. The number of hydrogen-bond acceptors (Lipinski definition) is 22. The molecule has 0 saturated heterocycles. The standard InChI is InChI=1S/C18H17NO3.C15H14Cl2F3N3O3.C14H13F3N2O4S.C14H14IN5O6S.Na/c1-2-21-17(20)16-13-18(22-19-16,14-9-5-3-6-10-14)15-11-7-4-8-12-15;1-3-26-13(24)10(17)4-8-5-12(11(18)6-9(8)16)23-15(25)22(14(19)20)7(2)21-23;1-7-11(13(21)19(2)18-7)12(20)9-5-4-8(14(15,16)17)6-10(9)24(3,22)23;1-7-16-12(19-14(17-7)26-3)18-13(22)20-27(23,24)10-6-8(15)4-5-9(10)11(21)25-2;/h3-12H,2,13H2,1H3;5-6,10,14H,3-4H2,1-2H3;4-6,21H,1-3H3;4-6H,1-3H3,(H2,16,17,18,19,20,22);/q;;;;+1/p-1. The molecule has 8 aromatic rings. The van der Waals surface area contributed by atoms with Crippen LogP contribution in [0.25, 0.3) is 10.4 Å². The number of amides is 2. The fourth-order valence-corrected chi connectivity index (χ4v) is 12.2. The molecule has 0 aliphatic carbocycles. The molecule has 9 rings (SSSR count). The van der Waals surface area contributed by atoms with E-state index in [1.807, 2.05) is 83.3 Å². The van der Waals surface area contributed by atoms with Crippen LogP contribution in [0, 0.1) is 30.2 Å². The molecule has 0 radical (unpaired) electrons. The van der Waals surface area contributed by atoms with Crippen molar-refractivity contribution >= 4 is 107 Å². The van der Waals surface area contributed by atoms with Gasteiger partial charge in [0, 0.05) is 45.0 Å². The summed E-state index contributed by atoms with van der Waals surface area (Å²) >= 11 is 13.8. The molecule has 0 saturated carbocycles. The number of rotatable bonds is 18. The molecule has 4 heterocycles. The number of aromatic hydroxyl groups is 1. The van der Waals surface area contributed by atoms with E-state index in [4.69, 9.17) is 42.3 Å². The maximum Gasteiger partial charge on any atom is 1.00 e. The number of methoxy groups -OCH3 is 2. The van der Waals surface area contributed by atoms with Crippen LogP contribution in [0.15, 0.2) is 129 Å². The van der Waals surface area contributed by atoms with Gasteiger partial charge in [0.1, 0.15) is 28.3 Å². The Labute approximate surface area is 611 Å². The first-order chi connectivity index (χ1) is 46.4. The SMILES string of the molecule is CCOC(=O)C(Cl)Cc1cc(-n2nc(C)n(C(F)F)c2=O)c(F)cc1Cl.CCOC(=O)C1=NOC(c2ccccc2)(c2ccccc2)C1.COC(=O)c1ccc(I)cc1S(=O)(=O)[N-]C(=O)Nc1nc(C)nc(OC)n1.Cc1nn(C)c(O)c1C(=O)c1ccc(C(F)(F)F)cc1S(C)(=O)=O.[Na+]. The van der Waals surface area contributed by atoms with E-state index in [1.54, 1.807) is 13.8 Å². The molecule has 1 unspecified atom stereocenters. The normalized spacial score (nSPS) is 12.6. The Hall–Kier alpha value is -8.53. The van der Waals surface area contributed by atoms with Crippen LogP contribution in [0.4, 0.5) is 37.1 Å². The Morgan fingerprint density at radius 3 is 1.95 bits per heavy atom. The number of carbonyl (C=O) groups excluding carboxylic acids is 5. The number of sulfonamides is 1. The Kier molecular flexibility index (Phi) is 28.9. The van der Waals surface area contributed by atoms with E-state index < -0.39 is 112 Å². The molecule has 0 spiro atoms. The second-order valence-corrected chi connectivity index (χ2v) is 26.1. The van der Waals surface area contributed by atoms with Crippen LogP contribution in [0.5, 0.6) is 11.9 Å². The van der Waals surface area contributed by atoms with Crippen LogP contribution in [0.2, 0.25) is 5.02 Å². The molecule has 0 bridgehead atoms. The Balaban J connectivity index is 0.000000240. The number of ether oxygens (including phenoxy) is 4. The van der Waals surface area contributed by atoms with E-state index in [9.17, 15) is 77.1 Å². The van der Waals surface area contributed by atoms with Gasteiger partial charge < -0.3 is 38.9 Å². The fourth-order valence-electron chi connectivity index (χ4n) is 9.02. The topological polar surface area (TPSA) is 355 Å². The molecule has 3 aromatic heterocycles. The molecule has 5 aromatic carbocycles. The van der Waals surface area contributed by atoms with Crippen molar-refractivity contribution < 1.29 is 126 Å². The van der Waals surface area contributed by atoms with Gasteiger partial charge in [-0.1, -0.05) is 77.4 Å². The third-order valence-corrected chi connectivity index (χ3v) is 17.3. The van der Waals surface area contributed by atoms with Crippen LogP contribution >= 0.6 is 45.8 Å². The maximum atomic E-state index is 14.2. The minimum atomic E-state index is -4.76. The number of esters is 3. The number of aromatic nitrogens is 8. The quantitative estimate of drug-likeness (QED) is 0.0160. The summed E-state index contributed by atoms with van der Waals surface area (Å²) in [6.45, 7) is 4.84. The predicted molar refractivity (Wildman–Crippen MR) is 351 cm³/mol. The molecule has 27 nitrogen and oxygen atoms in total. The van der Waals surface area contributed by atoms with Crippen molar-refractivity contribution in [1.82, 2.24) is 39.1 Å². The number of urea groups is 1. The Morgan fingerprint density at radius 1 is 0.830 bits per heavy atom. The predicted octanol–water partition coefficient (Wildman–Crippen LogP) is 7.48. The summed E-state index contributed by atoms with van der Waals surface area (Å²) in [6.07, 6.45) is -3.81. The summed E-state index contributed by atoms with van der Waals surface area (Å²) in [6, 6.07) is 26.1. The second kappa shape index (κ2) is 35.2. The van der Waals surface area contributed by atoms with Gasteiger partial charge in [-0.05, 0) is 111 Å². The van der Waals surface area contributed by atoms with E-state index in [2.05, 4.69) is 45.1 Å². The zero-order valence-corrected chi connectivity index (χ0v) is 61.4. The summed E-state index contributed by atoms with van der Waals surface area (Å²) in [5, 5.41) is 22.3. The number of carbonyl (C=O) groups is 5. The first-order valence-corrected chi connectivity index (χ1v) is 33.6. The molecule has 2 N–H and O–H groups in total. The molecule has 2 amide bonds. The zero-order valence-electron chi connectivity index (χ0n) is 54.1. The molecular formula is C61H57Cl2F6IN11NaO16S2. The molecule has 1 aliphatic rings.